The molecule has 2 rings (SSSR count). The molecule has 0 radical (unpaired) electrons. The van der Waals surface area contributed by atoms with Crippen molar-refractivity contribution in [2.45, 2.75) is 39.3 Å². The molecular formula is C16H23Cl2N3O. The van der Waals surface area contributed by atoms with Crippen molar-refractivity contribution >= 4 is 34.8 Å². The lowest BCUT2D eigenvalue weighted by Gasteiger charge is -2.44. The number of benzene rings is 1. The van der Waals surface area contributed by atoms with E-state index in [0.29, 0.717) is 15.7 Å². The second-order valence-electron chi connectivity index (χ2n) is 6.64. The number of anilines is 1. The average Bonchev–Trinajstić information content (AvgIpc) is 2.45. The molecule has 1 aliphatic rings. The maximum Gasteiger partial charge on any atom is 0.241 e. The van der Waals surface area contributed by atoms with Gasteiger partial charge < -0.3 is 11.1 Å². The SMILES string of the molecule is CC(C(=O)Nc1cc(Cl)ccc1Cl)N1CCC(N)C(C)(C)C1. The molecule has 0 aliphatic carbocycles. The van der Waals surface area contributed by atoms with Crippen LogP contribution in [0.5, 0.6) is 0 Å². The van der Waals surface area contributed by atoms with Crippen molar-refractivity contribution in [3.05, 3.63) is 28.2 Å². The number of amides is 1. The fraction of sp³-hybridized carbons (Fsp3) is 0.562. The van der Waals surface area contributed by atoms with Gasteiger partial charge in [-0.2, -0.15) is 0 Å². The fourth-order valence-corrected chi connectivity index (χ4v) is 3.08. The van der Waals surface area contributed by atoms with E-state index in [4.69, 9.17) is 28.9 Å². The topological polar surface area (TPSA) is 58.4 Å². The van der Waals surface area contributed by atoms with E-state index in [2.05, 4.69) is 24.1 Å². The van der Waals surface area contributed by atoms with Crippen LogP contribution in [0.4, 0.5) is 5.69 Å². The number of carbonyl (C=O) groups excluding carboxylic acids is 1. The second-order valence-corrected chi connectivity index (χ2v) is 7.49. The van der Waals surface area contributed by atoms with Gasteiger partial charge in [0, 0.05) is 24.2 Å². The Morgan fingerprint density at radius 3 is 2.77 bits per heavy atom. The molecule has 122 valence electrons. The average molecular weight is 344 g/mol. The predicted molar refractivity (Wildman–Crippen MR) is 92.5 cm³/mol. The Morgan fingerprint density at radius 1 is 1.45 bits per heavy atom. The van der Waals surface area contributed by atoms with Gasteiger partial charge in [0.1, 0.15) is 0 Å². The standard InChI is InChI=1S/C16H23Cl2N3O/c1-10(21-7-6-14(19)16(2,3)9-21)15(22)20-13-8-11(17)4-5-12(13)18/h4-5,8,10,14H,6-7,9,19H2,1-3H3,(H,20,22). The van der Waals surface area contributed by atoms with Gasteiger partial charge in [-0.1, -0.05) is 37.0 Å². The number of hydrogen-bond acceptors (Lipinski definition) is 3. The summed E-state index contributed by atoms with van der Waals surface area (Å²) in [5.41, 5.74) is 6.69. The van der Waals surface area contributed by atoms with Gasteiger partial charge in [-0.3, -0.25) is 9.69 Å². The van der Waals surface area contributed by atoms with Crippen LogP contribution in [0.2, 0.25) is 10.0 Å². The Hall–Kier alpha value is -0.810. The molecule has 0 saturated carbocycles. The summed E-state index contributed by atoms with van der Waals surface area (Å²) in [6.45, 7) is 7.81. The third kappa shape index (κ3) is 3.93. The first-order valence-corrected chi connectivity index (χ1v) is 8.22. The van der Waals surface area contributed by atoms with Crippen LogP contribution in [-0.2, 0) is 4.79 Å². The lowest BCUT2D eigenvalue weighted by molar-refractivity contribution is -0.122. The van der Waals surface area contributed by atoms with E-state index in [1.54, 1.807) is 18.2 Å². The second kappa shape index (κ2) is 6.75. The molecule has 6 heteroatoms. The summed E-state index contributed by atoms with van der Waals surface area (Å²) in [5, 5.41) is 3.88. The van der Waals surface area contributed by atoms with Gasteiger partial charge in [0.15, 0.2) is 0 Å². The van der Waals surface area contributed by atoms with Crippen molar-refractivity contribution in [3.8, 4) is 0 Å². The molecule has 2 unspecified atom stereocenters. The minimum Gasteiger partial charge on any atom is -0.327 e. The highest BCUT2D eigenvalue weighted by atomic mass is 35.5. The van der Waals surface area contributed by atoms with Gasteiger partial charge in [0.25, 0.3) is 0 Å². The van der Waals surface area contributed by atoms with Crippen molar-refractivity contribution in [3.63, 3.8) is 0 Å². The molecule has 0 aromatic heterocycles. The summed E-state index contributed by atoms with van der Waals surface area (Å²) in [6.07, 6.45) is 0.891. The van der Waals surface area contributed by atoms with Crippen LogP contribution >= 0.6 is 23.2 Å². The van der Waals surface area contributed by atoms with Crippen molar-refractivity contribution in [1.29, 1.82) is 0 Å². The van der Waals surface area contributed by atoms with Crippen LogP contribution in [0.25, 0.3) is 0 Å². The van der Waals surface area contributed by atoms with Crippen molar-refractivity contribution in [2.75, 3.05) is 18.4 Å². The first-order valence-electron chi connectivity index (χ1n) is 7.46. The smallest absolute Gasteiger partial charge is 0.241 e. The summed E-state index contributed by atoms with van der Waals surface area (Å²) >= 11 is 12.0. The zero-order valence-corrected chi connectivity index (χ0v) is 14.7. The van der Waals surface area contributed by atoms with Crippen LogP contribution < -0.4 is 11.1 Å². The molecule has 4 nitrogen and oxygen atoms in total. The number of likely N-dealkylation sites (tertiary alicyclic amines) is 1. The first kappa shape index (κ1) is 17.5. The summed E-state index contributed by atoms with van der Waals surface area (Å²) < 4.78 is 0. The number of nitrogens with two attached hydrogens (primary N) is 1. The largest absolute Gasteiger partial charge is 0.327 e. The number of nitrogens with zero attached hydrogens (tertiary/aromatic N) is 1. The van der Waals surface area contributed by atoms with Crippen LogP contribution in [0, 0.1) is 5.41 Å². The molecule has 2 atom stereocenters. The zero-order valence-electron chi connectivity index (χ0n) is 13.2. The van der Waals surface area contributed by atoms with Crippen LogP contribution in [0.3, 0.4) is 0 Å². The van der Waals surface area contributed by atoms with E-state index in [1.165, 1.54) is 0 Å². The highest BCUT2D eigenvalue weighted by molar-refractivity contribution is 6.35. The quantitative estimate of drug-likeness (QED) is 0.884. The molecule has 3 N–H and O–H groups in total. The molecule has 1 heterocycles. The highest BCUT2D eigenvalue weighted by Gasteiger charge is 2.36. The van der Waals surface area contributed by atoms with Gasteiger partial charge in [0.2, 0.25) is 5.91 Å². The molecule has 0 spiro atoms. The predicted octanol–water partition coefficient (Wildman–Crippen LogP) is 3.38. The number of halogens is 2. The van der Waals surface area contributed by atoms with Crippen molar-refractivity contribution < 1.29 is 4.79 Å². The molecule has 1 aromatic rings. The summed E-state index contributed by atoms with van der Waals surface area (Å²) in [5.74, 6) is -0.0876. The van der Waals surface area contributed by atoms with Crippen molar-refractivity contribution in [1.82, 2.24) is 4.90 Å². The maximum absolute atomic E-state index is 12.5. The van der Waals surface area contributed by atoms with E-state index in [0.717, 1.165) is 19.5 Å². The Morgan fingerprint density at radius 2 is 2.14 bits per heavy atom. The number of piperidine rings is 1. The first-order chi connectivity index (χ1) is 10.2. The summed E-state index contributed by atoms with van der Waals surface area (Å²) in [7, 11) is 0. The van der Waals surface area contributed by atoms with Crippen LogP contribution in [-0.4, -0.2) is 36.0 Å². The lowest BCUT2D eigenvalue weighted by Crippen LogP contribution is -2.56. The zero-order chi connectivity index (χ0) is 16.5. The molecular weight excluding hydrogens is 321 g/mol. The van der Waals surface area contributed by atoms with E-state index in [-0.39, 0.29) is 23.4 Å². The van der Waals surface area contributed by atoms with Gasteiger partial charge >= 0.3 is 0 Å². The van der Waals surface area contributed by atoms with Gasteiger partial charge in [-0.25, -0.2) is 0 Å². The summed E-state index contributed by atoms with van der Waals surface area (Å²) in [6, 6.07) is 4.94. The monoisotopic (exact) mass is 343 g/mol. The molecule has 1 saturated heterocycles. The van der Waals surface area contributed by atoms with E-state index < -0.39 is 0 Å². The Balaban J connectivity index is 2.05. The molecule has 1 aliphatic heterocycles. The van der Waals surface area contributed by atoms with Gasteiger partial charge in [0.05, 0.1) is 16.8 Å². The third-order valence-corrected chi connectivity index (χ3v) is 5.02. The third-order valence-electron chi connectivity index (χ3n) is 4.46. The normalized spacial score (nSPS) is 23.1. The molecule has 1 amide bonds. The maximum atomic E-state index is 12.5. The lowest BCUT2D eigenvalue weighted by atomic mass is 9.79. The Kier molecular flexibility index (Phi) is 5.38. The van der Waals surface area contributed by atoms with Crippen molar-refractivity contribution in [2.24, 2.45) is 11.1 Å². The van der Waals surface area contributed by atoms with Crippen LogP contribution in [0.1, 0.15) is 27.2 Å². The number of nitrogens with one attached hydrogen (secondary N) is 1. The number of carbonyl (C=O) groups is 1. The molecule has 1 aromatic carbocycles. The van der Waals surface area contributed by atoms with E-state index in [9.17, 15) is 4.79 Å². The van der Waals surface area contributed by atoms with Gasteiger partial charge in [-0.05, 0) is 37.0 Å². The van der Waals surface area contributed by atoms with Crippen LogP contribution in [0.15, 0.2) is 18.2 Å². The number of rotatable bonds is 3. The highest BCUT2D eigenvalue weighted by Crippen LogP contribution is 2.30. The summed E-state index contributed by atoms with van der Waals surface area (Å²) in [4.78, 5) is 14.6. The molecule has 0 bridgehead atoms. The van der Waals surface area contributed by atoms with E-state index >= 15 is 0 Å². The van der Waals surface area contributed by atoms with Gasteiger partial charge in [-0.15, -0.1) is 0 Å². The molecule has 1 fully saturated rings. The Bertz CT molecular complexity index is 562. The Labute approximate surface area is 141 Å². The minimum absolute atomic E-state index is 0.000486. The fourth-order valence-electron chi connectivity index (χ4n) is 2.74. The molecule has 22 heavy (non-hydrogen) atoms. The van der Waals surface area contributed by atoms with E-state index in [1.807, 2.05) is 6.92 Å². The minimum atomic E-state index is -0.248. The number of hydrogen-bond donors (Lipinski definition) is 2.